The van der Waals surface area contributed by atoms with Crippen molar-refractivity contribution >= 4 is 11.9 Å². The van der Waals surface area contributed by atoms with Gasteiger partial charge in [-0.05, 0) is 26.1 Å². The second-order valence-electron chi connectivity index (χ2n) is 6.07. The van der Waals surface area contributed by atoms with Gasteiger partial charge in [0.2, 0.25) is 5.91 Å². The molecule has 0 rings (SSSR count). The van der Waals surface area contributed by atoms with E-state index in [-0.39, 0.29) is 12.3 Å². The summed E-state index contributed by atoms with van der Waals surface area (Å²) in [5.41, 5.74) is -0.465. The Kier molecular flexibility index (Phi) is 8.46. The van der Waals surface area contributed by atoms with Crippen LogP contribution in [-0.2, 0) is 9.59 Å². The van der Waals surface area contributed by atoms with E-state index in [0.29, 0.717) is 13.1 Å². The van der Waals surface area contributed by atoms with Crippen molar-refractivity contribution in [3.63, 3.8) is 0 Å². The van der Waals surface area contributed by atoms with Crippen molar-refractivity contribution in [1.82, 2.24) is 9.80 Å². The molecule has 0 unspecified atom stereocenters. The van der Waals surface area contributed by atoms with Crippen molar-refractivity contribution in [3.8, 4) is 0 Å². The molecule has 118 valence electrons. The topological polar surface area (TPSA) is 60.9 Å². The van der Waals surface area contributed by atoms with Crippen LogP contribution in [0.15, 0.2) is 0 Å². The molecule has 0 aromatic rings. The van der Waals surface area contributed by atoms with Crippen LogP contribution in [0.2, 0.25) is 0 Å². The third kappa shape index (κ3) is 7.48. The Balaban J connectivity index is 4.46. The zero-order chi connectivity index (χ0) is 15.8. The Morgan fingerprint density at radius 3 is 1.95 bits per heavy atom. The smallest absolute Gasteiger partial charge is 0.305 e. The number of amides is 1. The quantitative estimate of drug-likeness (QED) is 0.705. The second-order valence-corrected chi connectivity index (χ2v) is 6.07. The van der Waals surface area contributed by atoms with Crippen LogP contribution >= 0.6 is 0 Å². The lowest BCUT2D eigenvalue weighted by Gasteiger charge is -2.30. The minimum atomic E-state index is -0.861. The summed E-state index contributed by atoms with van der Waals surface area (Å²) in [6, 6.07) is 0. The van der Waals surface area contributed by atoms with Gasteiger partial charge >= 0.3 is 5.97 Å². The number of carboxylic acid groups (broad SMARTS) is 1. The van der Waals surface area contributed by atoms with Gasteiger partial charge in [-0.2, -0.15) is 0 Å². The van der Waals surface area contributed by atoms with Crippen molar-refractivity contribution in [2.75, 3.05) is 32.7 Å². The molecule has 0 aromatic heterocycles. The van der Waals surface area contributed by atoms with Gasteiger partial charge in [-0.25, -0.2) is 0 Å². The lowest BCUT2D eigenvalue weighted by molar-refractivity contribution is -0.142. The van der Waals surface area contributed by atoms with E-state index in [1.54, 1.807) is 4.90 Å². The van der Waals surface area contributed by atoms with Crippen molar-refractivity contribution in [2.45, 2.75) is 47.5 Å². The van der Waals surface area contributed by atoms with Gasteiger partial charge in [-0.1, -0.05) is 34.6 Å². The first-order chi connectivity index (χ1) is 9.22. The van der Waals surface area contributed by atoms with Crippen LogP contribution in [0.25, 0.3) is 0 Å². The fourth-order valence-corrected chi connectivity index (χ4v) is 2.04. The molecule has 1 amide bonds. The van der Waals surface area contributed by atoms with Gasteiger partial charge < -0.3 is 14.9 Å². The van der Waals surface area contributed by atoms with Crippen molar-refractivity contribution in [1.29, 1.82) is 0 Å². The summed E-state index contributed by atoms with van der Waals surface area (Å²) in [6.07, 6.45) is 0.885. The van der Waals surface area contributed by atoms with Gasteiger partial charge in [0.1, 0.15) is 0 Å². The maximum Gasteiger partial charge on any atom is 0.305 e. The molecule has 0 saturated carbocycles. The van der Waals surface area contributed by atoms with Gasteiger partial charge in [-0.3, -0.25) is 9.59 Å². The molecule has 0 atom stereocenters. The average Bonchev–Trinajstić information content (AvgIpc) is 2.36. The molecule has 0 saturated heterocycles. The van der Waals surface area contributed by atoms with Crippen LogP contribution in [0.3, 0.4) is 0 Å². The van der Waals surface area contributed by atoms with Gasteiger partial charge in [0.25, 0.3) is 0 Å². The van der Waals surface area contributed by atoms with Gasteiger partial charge in [0, 0.05) is 18.5 Å². The highest BCUT2D eigenvalue weighted by Gasteiger charge is 2.27. The predicted octanol–water partition coefficient (Wildman–Crippen LogP) is 2.07. The average molecular weight is 286 g/mol. The second kappa shape index (κ2) is 8.95. The first-order valence-electron chi connectivity index (χ1n) is 7.45. The molecule has 0 radical (unpaired) electrons. The molecule has 0 fully saturated rings. The molecule has 0 aliphatic carbocycles. The number of hydrogen-bond acceptors (Lipinski definition) is 3. The fourth-order valence-electron chi connectivity index (χ4n) is 2.04. The van der Waals surface area contributed by atoms with Crippen molar-refractivity contribution in [3.05, 3.63) is 0 Å². The lowest BCUT2D eigenvalue weighted by Crippen LogP contribution is -2.42. The summed E-state index contributed by atoms with van der Waals surface area (Å²) in [5, 5.41) is 8.79. The maximum absolute atomic E-state index is 12.3. The first kappa shape index (κ1) is 18.9. The van der Waals surface area contributed by atoms with Crippen LogP contribution in [-0.4, -0.2) is 59.5 Å². The third-order valence-corrected chi connectivity index (χ3v) is 3.32. The molecule has 1 N–H and O–H groups in total. The predicted molar refractivity (Wildman–Crippen MR) is 80.7 cm³/mol. The Hall–Kier alpha value is -1.10. The summed E-state index contributed by atoms with van der Waals surface area (Å²) >= 11 is 0. The number of aliphatic carboxylic acids is 1. The van der Waals surface area contributed by atoms with Crippen LogP contribution in [0.1, 0.15) is 47.5 Å². The van der Waals surface area contributed by atoms with E-state index in [1.807, 2.05) is 20.8 Å². The van der Waals surface area contributed by atoms with Crippen LogP contribution < -0.4 is 0 Å². The molecule has 0 spiro atoms. The number of rotatable bonds is 9. The highest BCUT2D eigenvalue weighted by atomic mass is 16.4. The Morgan fingerprint density at radius 2 is 1.55 bits per heavy atom. The monoisotopic (exact) mass is 286 g/mol. The molecule has 5 nitrogen and oxygen atoms in total. The minimum absolute atomic E-state index is 0.00703. The summed E-state index contributed by atoms with van der Waals surface area (Å²) in [5.74, 6) is -0.834. The highest BCUT2D eigenvalue weighted by molar-refractivity contribution is 5.82. The van der Waals surface area contributed by atoms with Gasteiger partial charge in [0.05, 0.1) is 6.42 Å². The van der Waals surface area contributed by atoms with Crippen molar-refractivity contribution in [2.24, 2.45) is 5.41 Å². The third-order valence-electron chi connectivity index (χ3n) is 3.32. The molecule has 0 bridgehead atoms. The van der Waals surface area contributed by atoms with Crippen LogP contribution in [0.5, 0.6) is 0 Å². The van der Waals surface area contributed by atoms with E-state index >= 15 is 0 Å². The highest BCUT2D eigenvalue weighted by Crippen LogP contribution is 2.18. The van der Waals surface area contributed by atoms with Gasteiger partial charge in [0.15, 0.2) is 0 Å². The summed E-state index contributed by atoms with van der Waals surface area (Å²) in [7, 11) is 0. The number of carbonyl (C=O) groups is 2. The lowest BCUT2D eigenvalue weighted by atomic mass is 9.94. The number of carbonyl (C=O) groups excluding carboxylic acids is 1. The zero-order valence-electron chi connectivity index (χ0n) is 13.6. The van der Waals surface area contributed by atoms with E-state index in [0.717, 1.165) is 26.1 Å². The van der Waals surface area contributed by atoms with E-state index in [9.17, 15) is 9.59 Å². The number of nitrogens with zero attached hydrogens (tertiary/aromatic N) is 2. The number of hydrogen-bond donors (Lipinski definition) is 1. The largest absolute Gasteiger partial charge is 0.481 e. The maximum atomic E-state index is 12.3. The van der Waals surface area contributed by atoms with E-state index in [2.05, 4.69) is 18.7 Å². The van der Waals surface area contributed by atoms with Crippen LogP contribution in [0.4, 0.5) is 0 Å². The van der Waals surface area contributed by atoms with E-state index in [4.69, 9.17) is 5.11 Å². The summed E-state index contributed by atoms with van der Waals surface area (Å²) in [4.78, 5) is 27.0. The molecule has 0 aliphatic heterocycles. The fraction of sp³-hybridized carbons (Fsp3) is 0.867. The molecule has 0 aliphatic rings. The number of carboxylic acids is 1. The Labute approximate surface area is 122 Å². The molecule has 0 aromatic carbocycles. The molecule has 20 heavy (non-hydrogen) atoms. The normalized spacial score (nSPS) is 11.7. The molecule has 0 heterocycles. The summed E-state index contributed by atoms with van der Waals surface area (Å²) < 4.78 is 0. The molecular weight excluding hydrogens is 256 g/mol. The zero-order valence-corrected chi connectivity index (χ0v) is 13.6. The summed E-state index contributed by atoms with van der Waals surface area (Å²) in [6.45, 7) is 13.7. The van der Waals surface area contributed by atoms with E-state index < -0.39 is 11.4 Å². The Morgan fingerprint density at radius 1 is 1.00 bits per heavy atom. The van der Waals surface area contributed by atoms with E-state index in [1.165, 1.54) is 0 Å². The first-order valence-corrected chi connectivity index (χ1v) is 7.45. The minimum Gasteiger partial charge on any atom is -0.481 e. The molecular formula is C15H30N2O3. The molecule has 5 heteroatoms. The standard InChI is InChI=1S/C15H30N2O3/c1-6-16(7-2)10-8-11-17(12-9-13(18)19)14(20)15(3,4)5/h6-12H2,1-5H3,(H,18,19). The Bertz CT molecular complexity index is 307. The van der Waals surface area contributed by atoms with Gasteiger partial charge in [-0.15, -0.1) is 0 Å². The van der Waals surface area contributed by atoms with Crippen molar-refractivity contribution < 1.29 is 14.7 Å². The SMILES string of the molecule is CCN(CC)CCCN(CCC(=O)O)C(=O)C(C)(C)C. The van der Waals surface area contributed by atoms with Crippen LogP contribution in [0, 0.1) is 5.41 Å².